The average molecular weight is 394 g/mol. The van der Waals surface area contributed by atoms with Crippen LogP contribution >= 0.6 is 12.4 Å². The summed E-state index contributed by atoms with van der Waals surface area (Å²) in [6, 6.07) is 5.75. The van der Waals surface area contributed by atoms with E-state index in [-0.39, 0.29) is 24.1 Å². The van der Waals surface area contributed by atoms with Crippen LogP contribution in [0.2, 0.25) is 0 Å². The van der Waals surface area contributed by atoms with Crippen LogP contribution in [0.1, 0.15) is 29.8 Å². The van der Waals surface area contributed by atoms with E-state index in [1.54, 1.807) is 13.2 Å². The van der Waals surface area contributed by atoms with Crippen LogP contribution in [0.25, 0.3) is 11.0 Å². The van der Waals surface area contributed by atoms with Crippen LogP contribution < -0.4 is 15.7 Å². The highest BCUT2D eigenvalue weighted by Crippen LogP contribution is 2.24. The van der Waals surface area contributed by atoms with Crippen LogP contribution in [0.4, 0.5) is 0 Å². The molecule has 0 spiro atoms. The second-order valence-corrected chi connectivity index (χ2v) is 6.35. The summed E-state index contributed by atoms with van der Waals surface area (Å²) in [4.78, 5) is 16.8. The summed E-state index contributed by atoms with van der Waals surface area (Å²) >= 11 is 0. The van der Waals surface area contributed by atoms with Crippen molar-refractivity contribution >= 4 is 23.4 Å². The van der Waals surface area contributed by atoms with Crippen LogP contribution in [-0.2, 0) is 19.3 Å². The fourth-order valence-corrected chi connectivity index (χ4v) is 2.87. The summed E-state index contributed by atoms with van der Waals surface area (Å²) in [6.07, 6.45) is 1.67. The Morgan fingerprint density at radius 2 is 2.07 bits per heavy atom. The fraction of sp³-hybridized carbons (Fsp3) is 0.421. The average Bonchev–Trinajstić information content (AvgIpc) is 3.08. The van der Waals surface area contributed by atoms with E-state index in [1.165, 1.54) is 0 Å². The van der Waals surface area contributed by atoms with Crippen molar-refractivity contribution in [1.29, 1.82) is 0 Å². The Bertz CT molecular complexity index is 967. The van der Waals surface area contributed by atoms with Gasteiger partial charge in [0, 0.05) is 35.9 Å². The number of nitrogens with zero attached hydrogens (tertiary/aromatic N) is 2. The smallest absolute Gasteiger partial charge is 0.339 e. The lowest BCUT2D eigenvalue weighted by molar-refractivity contribution is 0.370. The lowest BCUT2D eigenvalue weighted by Gasteiger charge is -2.08. The summed E-state index contributed by atoms with van der Waals surface area (Å²) in [6.45, 7) is 3.98. The van der Waals surface area contributed by atoms with Crippen LogP contribution in [0.15, 0.2) is 31.9 Å². The van der Waals surface area contributed by atoms with Gasteiger partial charge in [-0.25, -0.2) is 4.79 Å². The van der Waals surface area contributed by atoms with Crippen molar-refractivity contribution in [2.75, 3.05) is 14.2 Å². The third kappa shape index (κ3) is 4.67. The summed E-state index contributed by atoms with van der Waals surface area (Å²) in [5.41, 5.74) is 1.72. The molecular formula is C19H24ClN3O4. The van der Waals surface area contributed by atoms with Crippen LogP contribution in [0.3, 0.4) is 0 Å². The number of halogens is 1. The van der Waals surface area contributed by atoms with E-state index in [0.717, 1.165) is 10.9 Å². The number of likely N-dealkylation sites (N-methyl/N-ethyl adjacent to an activating group) is 1. The predicted molar refractivity (Wildman–Crippen MR) is 105 cm³/mol. The largest absolute Gasteiger partial charge is 0.497 e. The molecule has 8 heteroatoms. The number of hydrogen-bond donors (Lipinski definition) is 1. The number of nitrogens with one attached hydrogen (secondary N) is 1. The molecule has 0 radical (unpaired) electrons. The molecule has 2 aromatic heterocycles. The summed E-state index contributed by atoms with van der Waals surface area (Å²) in [7, 11) is 3.47. The Morgan fingerprint density at radius 3 is 2.78 bits per heavy atom. The van der Waals surface area contributed by atoms with Crippen molar-refractivity contribution in [3.63, 3.8) is 0 Å². The molecule has 0 bridgehead atoms. The van der Waals surface area contributed by atoms with Gasteiger partial charge in [0.05, 0.1) is 7.11 Å². The SMILES string of the molecule is CNC(C)Cc1noc(CCc2c(C)c3ccc(OC)cc3oc2=O)n1.Cl. The maximum Gasteiger partial charge on any atom is 0.339 e. The molecule has 1 aromatic carbocycles. The minimum atomic E-state index is -0.341. The normalized spacial score (nSPS) is 12.0. The lowest BCUT2D eigenvalue weighted by atomic mass is 10.0. The maximum atomic E-state index is 12.4. The molecule has 27 heavy (non-hydrogen) atoms. The van der Waals surface area contributed by atoms with Gasteiger partial charge >= 0.3 is 5.63 Å². The minimum absolute atomic E-state index is 0. The van der Waals surface area contributed by atoms with E-state index < -0.39 is 0 Å². The number of benzene rings is 1. The highest BCUT2D eigenvalue weighted by Gasteiger charge is 2.15. The zero-order valence-electron chi connectivity index (χ0n) is 15.9. The molecule has 1 atom stereocenters. The number of ether oxygens (including phenoxy) is 1. The van der Waals surface area contributed by atoms with Crippen molar-refractivity contribution in [1.82, 2.24) is 15.5 Å². The maximum absolute atomic E-state index is 12.4. The van der Waals surface area contributed by atoms with Gasteiger partial charge in [0.25, 0.3) is 0 Å². The molecule has 3 rings (SSSR count). The fourth-order valence-electron chi connectivity index (χ4n) is 2.87. The lowest BCUT2D eigenvalue weighted by Crippen LogP contribution is -2.24. The standard InChI is InChI=1S/C19H23N3O4.ClH/c1-11(20-3)9-17-21-18(26-22-17)8-7-15-12(2)14-6-5-13(24-4)10-16(14)25-19(15)23;/h5-6,10-11,20H,7-9H2,1-4H3;1H. The van der Waals surface area contributed by atoms with Crippen LogP contribution in [0, 0.1) is 6.92 Å². The second kappa shape index (κ2) is 9.01. The number of aryl methyl sites for hydroxylation is 2. The van der Waals surface area contributed by atoms with Gasteiger partial charge in [-0.05, 0) is 45.0 Å². The third-order valence-electron chi connectivity index (χ3n) is 4.58. The van der Waals surface area contributed by atoms with E-state index >= 15 is 0 Å². The van der Waals surface area contributed by atoms with E-state index in [0.29, 0.717) is 47.9 Å². The molecule has 3 aromatic rings. The molecule has 0 aliphatic heterocycles. The second-order valence-electron chi connectivity index (χ2n) is 6.35. The van der Waals surface area contributed by atoms with Gasteiger partial charge in [-0.1, -0.05) is 5.16 Å². The number of rotatable bonds is 7. The Labute approximate surface area is 163 Å². The molecule has 0 saturated heterocycles. The molecule has 1 N–H and O–H groups in total. The molecule has 7 nitrogen and oxygen atoms in total. The zero-order chi connectivity index (χ0) is 18.7. The Morgan fingerprint density at radius 1 is 1.30 bits per heavy atom. The van der Waals surface area contributed by atoms with Crippen molar-refractivity contribution in [2.45, 2.75) is 39.2 Å². The highest BCUT2D eigenvalue weighted by molar-refractivity contribution is 5.85. The monoisotopic (exact) mass is 393 g/mol. The van der Waals surface area contributed by atoms with E-state index in [4.69, 9.17) is 13.7 Å². The van der Waals surface area contributed by atoms with Gasteiger partial charge in [0.2, 0.25) is 5.89 Å². The van der Waals surface area contributed by atoms with Crippen molar-refractivity contribution in [2.24, 2.45) is 0 Å². The first-order valence-electron chi connectivity index (χ1n) is 8.61. The summed E-state index contributed by atoms with van der Waals surface area (Å²) < 4.78 is 15.9. The predicted octanol–water partition coefficient (Wildman–Crippen LogP) is 2.85. The van der Waals surface area contributed by atoms with Gasteiger partial charge in [0.1, 0.15) is 11.3 Å². The summed E-state index contributed by atoms with van der Waals surface area (Å²) in [5, 5.41) is 8.02. The molecular weight excluding hydrogens is 370 g/mol. The van der Waals surface area contributed by atoms with E-state index in [1.807, 2.05) is 26.1 Å². The molecule has 0 aliphatic carbocycles. The number of fused-ring (bicyclic) bond motifs is 1. The number of hydrogen-bond acceptors (Lipinski definition) is 7. The first kappa shape index (κ1) is 20.9. The topological polar surface area (TPSA) is 90.4 Å². The summed E-state index contributed by atoms with van der Waals surface area (Å²) in [5.74, 6) is 1.84. The van der Waals surface area contributed by atoms with E-state index in [9.17, 15) is 4.79 Å². The first-order valence-corrected chi connectivity index (χ1v) is 8.61. The van der Waals surface area contributed by atoms with Crippen molar-refractivity contribution in [3.8, 4) is 5.75 Å². The molecule has 0 saturated carbocycles. The molecule has 1 unspecified atom stereocenters. The van der Waals surface area contributed by atoms with E-state index in [2.05, 4.69) is 22.4 Å². The van der Waals surface area contributed by atoms with Crippen molar-refractivity contribution in [3.05, 3.63) is 51.5 Å². The number of aromatic nitrogens is 2. The Balaban J connectivity index is 0.00000261. The quantitative estimate of drug-likeness (QED) is 0.617. The third-order valence-corrected chi connectivity index (χ3v) is 4.58. The molecule has 2 heterocycles. The van der Waals surface area contributed by atoms with Gasteiger partial charge in [-0.3, -0.25) is 0 Å². The highest BCUT2D eigenvalue weighted by atomic mass is 35.5. The Hall–Kier alpha value is -2.38. The molecule has 146 valence electrons. The van der Waals surface area contributed by atoms with Gasteiger partial charge in [0.15, 0.2) is 5.82 Å². The minimum Gasteiger partial charge on any atom is -0.497 e. The molecule has 0 fully saturated rings. The zero-order valence-corrected chi connectivity index (χ0v) is 16.7. The van der Waals surface area contributed by atoms with Gasteiger partial charge in [-0.15, -0.1) is 12.4 Å². The van der Waals surface area contributed by atoms with Gasteiger partial charge in [-0.2, -0.15) is 4.98 Å². The Kier molecular flexibility index (Phi) is 6.98. The number of methoxy groups -OCH3 is 1. The molecule has 0 amide bonds. The molecule has 0 aliphatic rings. The van der Waals surface area contributed by atoms with Gasteiger partial charge < -0.3 is 19.0 Å². The first-order chi connectivity index (χ1) is 12.5. The van der Waals surface area contributed by atoms with Crippen LogP contribution in [0.5, 0.6) is 5.75 Å². The van der Waals surface area contributed by atoms with Crippen molar-refractivity contribution < 1.29 is 13.7 Å². The van der Waals surface area contributed by atoms with Crippen LogP contribution in [-0.4, -0.2) is 30.3 Å².